The molecule has 3 N–H and O–H groups in total. The van der Waals surface area contributed by atoms with E-state index in [1.807, 2.05) is 24.3 Å². The largest absolute Gasteiger partial charge is 0.508 e. The third-order valence-electron chi connectivity index (χ3n) is 4.00. The first-order valence-electron chi connectivity index (χ1n) is 6.94. The second kappa shape index (κ2) is 5.26. The van der Waals surface area contributed by atoms with Crippen LogP contribution in [0.4, 0.5) is 0 Å². The van der Waals surface area contributed by atoms with E-state index < -0.39 is 11.5 Å². The number of rotatable bonds is 4. The molecule has 2 atom stereocenters. The van der Waals surface area contributed by atoms with Crippen LogP contribution >= 0.6 is 0 Å². The molecular weight excluding hydrogens is 284 g/mol. The van der Waals surface area contributed by atoms with E-state index >= 15 is 0 Å². The normalized spacial score (nSPS) is 19.7. The molecule has 0 aromatic heterocycles. The van der Waals surface area contributed by atoms with Crippen molar-refractivity contribution in [3.05, 3.63) is 47.5 Å². The van der Waals surface area contributed by atoms with Gasteiger partial charge in [0.1, 0.15) is 28.6 Å². The average molecular weight is 300 g/mol. The predicted octanol–water partition coefficient (Wildman–Crippen LogP) is 2.80. The van der Waals surface area contributed by atoms with Gasteiger partial charge in [-0.3, -0.25) is 4.79 Å². The first kappa shape index (κ1) is 14.3. The molecule has 0 amide bonds. The summed E-state index contributed by atoms with van der Waals surface area (Å²) in [5.74, 6) is -0.836. The molecule has 1 aliphatic rings. The summed E-state index contributed by atoms with van der Waals surface area (Å²) in [6.07, 6.45) is 0.672. The lowest BCUT2D eigenvalue weighted by atomic mass is 10.0. The van der Waals surface area contributed by atoms with Gasteiger partial charge in [-0.15, -0.1) is 0 Å². The number of phenols is 3. The van der Waals surface area contributed by atoms with E-state index in [9.17, 15) is 20.1 Å². The Kier molecular flexibility index (Phi) is 3.41. The molecule has 2 aromatic rings. The van der Waals surface area contributed by atoms with Gasteiger partial charge in [0.05, 0.1) is 7.11 Å². The Hall–Kier alpha value is -2.69. The van der Waals surface area contributed by atoms with Gasteiger partial charge >= 0.3 is 0 Å². The van der Waals surface area contributed by atoms with Gasteiger partial charge < -0.3 is 20.1 Å². The highest BCUT2D eigenvalue weighted by Crippen LogP contribution is 2.51. The maximum absolute atomic E-state index is 12.4. The van der Waals surface area contributed by atoms with Crippen LogP contribution in [0.3, 0.4) is 0 Å². The highest BCUT2D eigenvalue weighted by molar-refractivity contribution is 6.04. The van der Waals surface area contributed by atoms with E-state index in [1.54, 1.807) is 7.11 Å². The van der Waals surface area contributed by atoms with E-state index in [-0.39, 0.29) is 28.9 Å². The molecule has 114 valence electrons. The van der Waals surface area contributed by atoms with Crippen molar-refractivity contribution in [2.45, 2.75) is 12.3 Å². The Morgan fingerprint density at radius 3 is 2.23 bits per heavy atom. The second-order valence-corrected chi connectivity index (χ2v) is 5.45. The minimum absolute atomic E-state index is 0.0750. The van der Waals surface area contributed by atoms with Crippen molar-refractivity contribution in [1.29, 1.82) is 0 Å². The quantitative estimate of drug-likeness (QED) is 0.756. The number of aromatic hydroxyl groups is 3. The monoisotopic (exact) mass is 300 g/mol. The molecule has 1 aliphatic carbocycles. The number of ether oxygens (including phenoxy) is 1. The molecule has 0 spiro atoms. The fourth-order valence-electron chi connectivity index (χ4n) is 2.74. The van der Waals surface area contributed by atoms with Crippen LogP contribution in [0.2, 0.25) is 0 Å². The molecule has 0 radical (unpaired) electrons. The van der Waals surface area contributed by atoms with Crippen molar-refractivity contribution >= 4 is 5.78 Å². The SMILES string of the molecule is COc1ccc(C2CC2C(=O)c2c(O)cc(O)cc2O)cc1. The van der Waals surface area contributed by atoms with E-state index in [1.165, 1.54) is 0 Å². The smallest absolute Gasteiger partial charge is 0.174 e. The van der Waals surface area contributed by atoms with Crippen LogP contribution in [-0.4, -0.2) is 28.2 Å². The number of ketones is 1. The average Bonchev–Trinajstić information content (AvgIpc) is 3.26. The van der Waals surface area contributed by atoms with Crippen LogP contribution in [0.1, 0.15) is 28.3 Å². The Morgan fingerprint density at radius 2 is 1.68 bits per heavy atom. The summed E-state index contributed by atoms with van der Waals surface area (Å²) in [5, 5.41) is 28.9. The van der Waals surface area contributed by atoms with Crippen LogP contribution in [0, 0.1) is 5.92 Å². The maximum atomic E-state index is 12.4. The number of hydrogen-bond donors (Lipinski definition) is 3. The predicted molar refractivity (Wildman–Crippen MR) is 79.6 cm³/mol. The van der Waals surface area contributed by atoms with Crippen molar-refractivity contribution in [2.75, 3.05) is 7.11 Å². The first-order chi connectivity index (χ1) is 10.5. The highest BCUT2D eigenvalue weighted by Gasteiger charge is 2.45. The van der Waals surface area contributed by atoms with Crippen LogP contribution in [0.25, 0.3) is 0 Å². The van der Waals surface area contributed by atoms with Gasteiger partial charge in [0.15, 0.2) is 5.78 Å². The van der Waals surface area contributed by atoms with Crippen molar-refractivity contribution < 1.29 is 24.9 Å². The Balaban J connectivity index is 1.81. The van der Waals surface area contributed by atoms with Crippen LogP contribution in [0.5, 0.6) is 23.0 Å². The number of carbonyl (C=O) groups excluding carboxylic acids is 1. The number of hydrogen-bond acceptors (Lipinski definition) is 5. The minimum Gasteiger partial charge on any atom is -0.508 e. The number of Topliss-reactive ketones (excluding diaryl/α,β-unsaturated/α-hetero) is 1. The van der Waals surface area contributed by atoms with Crippen molar-refractivity contribution in [1.82, 2.24) is 0 Å². The van der Waals surface area contributed by atoms with Crippen LogP contribution in [-0.2, 0) is 0 Å². The number of carbonyl (C=O) groups is 1. The van der Waals surface area contributed by atoms with E-state index in [0.717, 1.165) is 23.4 Å². The lowest BCUT2D eigenvalue weighted by Crippen LogP contribution is -2.04. The number of benzene rings is 2. The Morgan fingerprint density at radius 1 is 1.09 bits per heavy atom. The molecule has 2 aromatic carbocycles. The van der Waals surface area contributed by atoms with E-state index in [4.69, 9.17) is 4.74 Å². The summed E-state index contributed by atoms with van der Waals surface area (Å²) in [5.41, 5.74) is 0.899. The summed E-state index contributed by atoms with van der Waals surface area (Å²) in [6.45, 7) is 0. The molecule has 0 saturated heterocycles. The van der Waals surface area contributed by atoms with E-state index in [0.29, 0.717) is 6.42 Å². The summed E-state index contributed by atoms with van der Waals surface area (Å²) in [6, 6.07) is 9.60. The summed E-state index contributed by atoms with van der Waals surface area (Å²) in [4.78, 5) is 12.4. The maximum Gasteiger partial charge on any atom is 0.174 e. The summed E-state index contributed by atoms with van der Waals surface area (Å²) in [7, 11) is 1.59. The van der Waals surface area contributed by atoms with Crippen molar-refractivity contribution in [3.8, 4) is 23.0 Å². The minimum atomic E-state index is -0.400. The van der Waals surface area contributed by atoms with Crippen molar-refractivity contribution in [3.63, 3.8) is 0 Å². The van der Waals surface area contributed by atoms with Crippen LogP contribution < -0.4 is 4.74 Å². The first-order valence-corrected chi connectivity index (χ1v) is 6.94. The summed E-state index contributed by atoms with van der Waals surface area (Å²) < 4.78 is 5.10. The zero-order valence-electron chi connectivity index (χ0n) is 12.0. The van der Waals surface area contributed by atoms with E-state index in [2.05, 4.69) is 0 Å². The van der Waals surface area contributed by atoms with Gasteiger partial charge in [-0.05, 0) is 30.0 Å². The molecule has 1 fully saturated rings. The topological polar surface area (TPSA) is 87.0 Å². The summed E-state index contributed by atoms with van der Waals surface area (Å²) >= 11 is 0. The molecule has 22 heavy (non-hydrogen) atoms. The molecule has 5 heteroatoms. The molecule has 0 aliphatic heterocycles. The Bertz CT molecular complexity index is 697. The number of phenolic OH excluding ortho intramolecular Hbond substituents is 3. The van der Waals surface area contributed by atoms with Crippen LogP contribution in [0.15, 0.2) is 36.4 Å². The van der Waals surface area contributed by atoms with Gasteiger partial charge in [0, 0.05) is 18.1 Å². The number of methoxy groups -OCH3 is 1. The second-order valence-electron chi connectivity index (χ2n) is 5.45. The molecule has 0 bridgehead atoms. The zero-order chi connectivity index (χ0) is 15.9. The molecule has 0 heterocycles. The van der Waals surface area contributed by atoms with Gasteiger partial charge in [-0.2, -0.15) is 0 Å². The lowest BCUT2D eigenvalue weighted by Gasteiger charge is -2.07. The van der Waals surface area contributed by atoms with Gasteiger partial charge in [-0.25, -0.2) is 0 Å². The van der Waals surface area contributed by atoms with Gasteiger partial charge in [-0.1, -0.05) is 12.1 Å². The highest BCUT2D eigenvalue weighted by atomic mass is 16.5. The lowest BCUT2D eigenvalue weighted by molar-refractivity contribution is 0.0960. The van der Waals surface area contributed by atoms with Crippen molar-refractivity contribution in [2.24, 2.45) is 5.92 Å². The zero-order valence-corrected chi connectivity index (χ0v) is 12.0. The Labute approximate surface area is 127 Å². The molecule has 3 rings (SSSR count). The molecule has 5 nitrogen and oxygen atoms in total. The molecule has 1 saturated carbocycles. The van der Waals surface area contributed by atoms with Gasteiger partial charge in [0.25, 0.3) is 0 Å². The fraction of sp³-hybridized carbons (Fsp3) is 0.235. The standard InChI is InChI=1S/C17H16O5/c1-22-11-4-2-9(3-5-11)12-8-13(12)17(21)16-14(19)6-10(18)7-15(16)20/h2-7,12-13,18-20H,8H2,1H3. The fourth-order valence-corrected chi connectivity index (χ4v) is 2.74. The molecule has 2 unspecified atom stereocenters. The van der Waals surface area contributed by atoms with Gasteiger partial charge in [0.2, 0.25) is 0 Å². The molecular formula is C17H16O5. The third-order valence-corrected chi connectivity index (χ3v) is 4.00. The third kappa shape index (κ3) is 2.45.